The number of sulfonamides is 1. The molecule has 0 saturated carbocycles. The van der Waals surface area contributed by atoms with Gasteiger partial charge in [0.15, 0.2) is 9.90 Å². The SMILES string of the molecule is COC(=O)c1ncsc1S(=O)(=O)NCC1(C)CCCNC1. The Labute approximate surface area is 128 Å². The molecular weight excluding hydrogens is 314 g/mol. The van der Waals surface area contributed by atoms with Crippen molar-refractivity contribution in [3.8, 4) is 0 Å². The third-order valence-corrected chi connectivity index (χ3v) is 6.30. The fourth-order valence-corrected chi connectivity index (χ4v) is 4.64. The molecule has 0 amide bonds. The van der Waals surface area contributed by atoms with Gasteiger partial charge < -0.3 is 10.1 Å². The average molecular weight is 333 g/mol. The van der Waals surface area contributed by atoms with Gasteiger partial charge in [0.05, 0.1) is 12.6 Å². The van der Waals surface area contributed by atoms with Crippen LogP contribution in [0.4, 0.5) is 0 Å². The van der Waals surface area contributed by atoms with Crippen LogP contribution < -0.4 is 10.0 Å². The number of carbonyl (C=O) groups is 1. The predicted molar refractivity (Wildman–Crippen MR) is 78.9 cm³/mol. The number of piperidine rings is 1. The first-order valence-electron chi connectivity index (χ1n) is 6.60. The molecule has 1 aromatic heterocycles. The summed E-state index contributed by atoms with van der Waals surface area (Å²) in [6.45, 7) is 4.09. The Balaban J connectivity index is 2.12. The lowest BCUT2D eigenvalue weighted by Crippen LogP contribution is -2.45. The van der Waals surface area contributed by atoms with Crippen molar-refractivity contribution in [1.29, 1.82) is 0 Å². The van der Waals surface area contributed by atoms with Gasteiger partial charge in [-0.2, -0.15) is 0 Å². The van der Waals surface area contributed by atoms with E-state index in [4.69, 9.17) is 0 Å². The van der Waals surface area contributed by atoms with Gasteiger partial charge in [-0.25, -0.2) is 22.9 Å². The highest BCUT2D eigenvalue weighted by Crippen LogP contribution is 2.26. The number of hydrogen-bond donors (Lipinski definition) is 2. The summed E-state index contributed by atoms with van der Waals surface area (Å²) < 4.78 is 31.7. The minimum Gasteiger partial charge on any atom is -0.464 e. The number of aromatic nitrogens is 1. The molecule has 0 spiro atoms. The van der Waals surface area contributed by atoms with Gasteiger partial charge in [0, 0.05) is 13.1 Å². The van der Waals surface area contributed by atoms with E-state index in [0.29, 0.717) is 6.54 Å². The van der Waals surface area contributed by atoms with Crippen LogP contribution in [0.5, 0.6) is 0 Å². The third-order valence-electron chi connectivity index (χ3n) is 3.53. The number of nitrogens with zero attached hydrogens (tertiary/aromatic N) is 1. The van der Waals surface area contributed by atoms with E-state index in [-0.39, 0.29) is 15.3 Å². The fraction of sp³-hybridized carbons (Fsp3) is 0.667. The first-order chi connectivity index (χ1) is 9.88. The number of hydrogen-bond acceptors (Lipinski definition) is 7. The number of ether oxygens (including phenoxy) is 1. The number of esters is 1. The predicted octanol–water partition coefficient (Wildman–Crippen LogP) is 0.598. The first-order valence-corrected chi connectivity index (χ1v) is 8.96. The number of nitrogens with one attached hydrogen (secondary N) is 2. The molecule has 21 heavy (non-hydrogen) atoms. The highest BCUT2D eigenvalue weighted by Gasteiger charge is 2.31. The highest BCUT2D eigenvalue weighted by molar-refractivity contribution is 7.91. The average Bonchev–Trinajstić information content (AvgIpc) is 2.96. The molecule has 2 rings (SSSR count). The smallest absolute Gasteiger partial charge is 0.358 e. The normalized spacial score (nSPS) is 23.0. The van der Waals surface area contributed by atoms with Crippen LogP contribution in [-0.2, 0) is 14.8 Å². The molecule has 7 nitrogen and oxygen atoms in total. The molecule has 1 aliphatic rings. The Morgan fingerprint density at radius 2 is 2.38 bits per heavy atom. The summed E-state index contributed by atoms with van der Waals surface area (Å²) >= 11 is 0.908. The summed E-state index contributed by atoms with van der Waals surface area (Å²) in [7, 11) is -2.57. The van der Waals surface area contributed by atoms with Gasteiger partial charge in [0.2, 0.25) is 0 Å². The molecule has 1 atom stereocenters. The van der Waals surface area contributed by atoms with E-state index in [0.717, 1.165) is 37.3 Å². The lowest BCUT2D eigenvalue weighted by Gasteiger charge is -2.34. The Hall–Kier alpha value is -1.03. The van der Waals surface area contributed by atoms with Crippen LogP contribution in [0.25, 0.3) is 0 Å². The molecule has 2 heterocycles. The van der Waals surface area contributed by atoms with E-state index in [2.05, 4.69) is 19.8 Å². The maximum Gasteiger partial charge on any atom is 0.358 e. The number of rotatable bonds is 5. The van der Waals surface area contributed by atoms with Crippen molar-refractivity contribution >= 4 is 27.3 Å². The molecular formula is C12H19N3O4S2. The number of methoxy groups -OCH3 is 1. The topological polar surface area (TPSA) is 97.4 Å². The van der Waals surface area contributed by atoms with Crippen LogP contribution in [0.1, 0.15) is 30.3 Å². The summed E-state index contributed by atoms with van der Waals surface area (Å²) in [4.78, 5) is 15.3. The van der Waals surface area contributed by atoms with Gasteiger partial charge in [0.1, 0.15) is 0 Å². The molecule has 1 unspecified atom stereocenters. The van der Waals surface area contributed by atoms with Crippen molar-refractivity contribution in [2.45, 2.75) is 24.0 Å². The fourth-order valence-electron chi connectivity index (χ4n) is 2.26. The van der Waals surface area contributed by atoms with Crippen LogP contribution >= 0.6 is 11.3 Å². The van der Waals surface area contributed by atoms with Crippen molar-refractivity contribution in [2.75, 3.05) is 26.7 Å². The lowest BCUT2D eigenvalue weighted by atomic mass is 9.83. The van der Waals surface area contributed by atoms with Crippen molar-refractivity contribution in [3.63, 3.8) is 0 Å². The zero-order valence-corrected chi connectivity index (χ0v) is 13.6. The van der Waals surface area contributed by atoms with Crippen molar-refractivity contribution in [2.24, 2.45) is 5.41 Å². The van der Waals surface area contributed by atoms with Crippen molar-refractivity contribution < 1.29 is 17.9 Å². The molecule has 0 aliphatic carbocycles. The Morgan fingerprint density at radius 3 is 3.00 bits per heavy atom. The van der Waals surface area contributed by atoms with E-state index in [1.165, 1.54) is 12.6 Å². The zero-order chi connectivity index (χ0) is 15.5. The van der Waals surface area contributed by atoms with Crippen molar-refractivity contribution in [1.82, 2.24) is 15.0 Å². The number of carbonyl (C=O) groups excluding carboxylic acids is 1. The van der Waals surface area contributed by atoms with E-state index in [1.54, 1.807) is 0 Å². The van der Waals surface area contributed by atoms with Gasteiger partial charge in [0.25, 0.3) is 10.0 Å². The van der Waals surface area contributed by atoms with Crippen LogP contribution in [-0.4, -0.2) is 46.1 Å². The largest absolute Gasteiger partial charge is 0.464 e. The molecule has 0 radical (unpaired) electrons. The monoisotopic (exact) mass is 333 g/mol. The second-order valence-electron chi connectivity index (χ2n) is 5.40. The maximum absolute atomic E-state index is 12.4. The van der Waals surface area contributed by atoms with Crippen LogP contribution in [0.3, 0.4) is 0 Å². The van der Waals surface area contributed by atoms with E-state index >= 15 is 0 Å². The molecule has 1 saturated heterocycles. The van der Waals surface area contributed by atoms with E-state index < -0.39 is 16.0 Å². The van der Waals surface area contributed by atoms with Crippen LogP contribution in [0, 0.1) is 5.41 Å². The van der Waals surface area contributed by atoms with Gasteiger partial charge >= 0.3 is 5.97 Å². The second-order valence-corrected chi connectivity index (χ2v) is 8.21. The number of thiazole rings is 1. The van der Waals surface area contributed by atoms with E-state index in [9.17, 15) is 13.2 Å². The summed E-state index contributed by atoms with van der Waals surface area (Å²) in [5.74, 6) is -0.748. The molecule has 0 aromatic carbocycles. The quantitative estimate of drug-likeness (QED) is 0.766. The maximum atomic E-state index is 12.4. The summed E-state index contributed by atoms with van der Waals surface area (Å²) in [5, 5.41) is 3.27. The molecule has 0 bridgehead atoms. The molecule has 1 fully saturated rings. The van der Waals surface area contributed by atoms with Gasteiger partial charge in [-0.3, -0.25) is 0 Å². The van der Waals surface area contributed by atoms with Gasteiger partial charge in [-0.05, 0) is 24.8 Å². The van der Waals surface area contributed by atoms with Crippen LogP contribution in [0.2, 0.25) is 0 Å². The Kier molecular flexibility index (Phi) is 4.97. The Morgan fingerprint density at radius 1 is 1.62 bits per heavy atom. The summed E-state index contributed by atoms with van der Waals surface area (Å²) in [6.07, 6.45) is 1.97. The molecule has 1 aromatic rings. The van der Waals surface area contributed by atoms with Crippen LogP contribution in [0.15, 0.2) is 9.72 Å². The summed E-state index contributed by atoms with van der Waals surface area (Å²) in [6, 6.07) is 0. The Bertz CT molecular complexity index is 606. The molecule has 1 aliphatic heterocycles. The highest BCUT2D eigenvalue weighted by atomic mass is 32.2. The second kappa shape index (κ2) is 6.39. The van der Waals surface area contributed by atoms with Gasteiger partial charge in [-0.1, -0.05) is 6.92 Å². The minimum atomic E-state index is -3.76. The minimum absolute atomic E-state index is 0.0956. The molecule has 9 heteroatoms. The first kappa shape index (κ1) is 16.3. The standard InChI is InChI=1S/C12H19N3O4S2/c1-12(4-3-5-13-6-12)7-15-21(17,18)11-9(10(16)19-2)14-8-20-11/h8,13,15H,3-7H2,1-2H3. The van der Waals surface area contributed by atoms with Crippen molar-refractivity contribution in [3.05, 3.63) is 11.2 Å². The summed E-state index contributed by atoms with van der Waals surface area (Å²) in [5.41, 5.74) is 1.04. The van der Waals surface area contributed by atoms with E-state index in [1.807, 2.05) is 6.92 Å². The third kappa shape index (κ3) is 3.79. The molecule has 2 N–H and O–H groups in total. The lowest BCUT2D eigenvalue weighted by molar-refractivity contribution is 0.0590. The van der Waals surface area contributed by atoms with Gasteiger partial charge in [-0.15, -0.1) is 11.3 Å². The zero-order valence-electron chi connectivity index (χ0n) is 12.0. The molecule has 118 valence electrons.